The van der Waals surface area contributed by atoms with E-state index in [1.54, 1.807) is 29.2 Å². The summed E-state index contributed by atoms with van der Waals surface area (Å²) in [6, 6.07) is 6.52. The van der Waals surface area contributed by atoms with Gasteiger partial charge in [0.2, 0.25) is 0 Å². The van der Waals surface area contributed by atoms with E-state index in [9.17, 15) is 21.6 Å². The Morgan fingerprint density at radius 1 is 0.828 bits per heavy atom. The summed E-state index contributed by atoms with van der Waals surface area (Å²) < 4.78 is 51.4. The summed E-state index contributed by atoms with van der Waals surface area (Å²) >= 11 is 0. The number of hydrogen-bond acceptors (Lipinski definition) is 6. The maximum atomic E-state index is 12.8. The summed E-state index contributed by atoms with van der Waals surface area (Å²) in [7, 11) is -4.65. The Bertz CT molecular complexity index is 931. The molecule has 1 aromatic rings. The van der Waals surface area contributed by atoms with Crippen LogP contribution in [0.1, 0.15) is 15.9 Å². The quantitative estimate of drug-likeness (QED) is 0.606. The van der Waals surface area contributed by atoms with Gasteiger partial charge in [-0.15, -0.1) is 0 Å². The van der Waals surface area contributed by atoms with Crippen LogP contribution in [0, 0.1) is 0 Å². The summed E-state index contributed by atoms with van der Waals surface area (Å²) in [5, 5.41) is 0. The molecule has 0 bridgehead atoms. The Morgan fingerprint density at radius 2 is 1.31 bits per heavy atom. The van der Waals surface area contributed by atoms with Gasteiger partial charge in [-0.1, -0.05) is 12.1 Å². The topological polar surface area (TPSA) is 98.3 Å². The third kappa shape index (κ3) is 5.54. The van der Waals surface area contributed by atoms with Crippen LogP contribution in [0.15, 0.2) is 24.3 Å². The highest BCUT2D eigenvalue weighted by molar-refractivity contribution is 7.89. The maximum Gasteiger partial charge on any atom is 0.282 e. The van der Waals surface area contributed by atoms with Crippen molar-refractivity contribution in [2.24, 2.45) is 0 Å². The smallest absolute Gasteiger partial charge is 0.282 e. The lowest BCUT2D eigenvalue weighted by molar-refractivity contribution is 0.0692. The number of likely N-dealkylation sites (N-methyl/N-ethyl adjacent to an activating group) is 1. The van der Waals surface area contributed by atoms with Crippen LogP contribution in [0.2, 0.25) is 0 Å². The first-order valence-electron chi connectivity index (χ1n) is 9.56. The predicted octanol–water partition coefficient (Wildman–Crippen LogP) is -0.519. The van der Waals surface area contributed by atoms with Crippen molar-refractivity contribution in [1.82, 2.24) is 18.4 Å². The first-order valence-corrected chi connectivity index (χ1v) is 13.0. The fourth-order valence-corrected chi connectivity index (χ4v) is 5.91. The van der Waals surface area contributed by atoms with Crippen LogP contribution in [-0.2, 0) is 25.8 Å². The lowest BCUT2D eigenvalue weighted by Crippen LogP contribution is -2.57. The average Bonchev–Trinajstić information content (AvgIpc) is 2.67. The first kappa shape index (κ1) is 22.2. The number of piperazine rings is 2. The van der Waals surface area contributed by atoms with Gasteiger partial charge in [-0.2, -0.15) is 17.0 Å². The molecule has 2 fully saturated rings. The van der Waals surface area contributed by atoms with Crippen LogP contribution in [0.3, 0.4) is 0 Å². The molecule has 0 N–H and O–H groups in total. The summed E-state index contributed by atoms with van der Waals surface area (Å²) in [5.74, 6) is -0.239. The van der Waals surface area contributed by atoms with Crippen molar-refractivity contribution in [2.75, 3.05) is 65.7 Å². The van der Waals surface area contributed by atoms with Gasteiger partial charge >= 0.3 is 0 Å². The number of benzene rings is 1. The summed E-state index contributed by atoms with van der Waals surface area (Å²) in [6.07, 6.45) is 1.17. The van der Waals surface area contributed by atoms with Gasteiger partial charge in [-0.3, -0.25) is 4.79 Å². The molecule has 3 rings (SSSR count). The minimum atomic E-state index is -3.50. The second-order valence-corrected chi connectivity index (χ2v) is 11.7. The fraction of sp³-hybridized carbons (Fsp3) is 0.611. The van der Waals surface area contributed by atoms with Gasteiger partial charge < -0.3 is 9.80 Å². The Hall–Kier alpha value is -1.53. The highest BCUT2D eigenvalue weighted by atomic mass is 32.2. The van der Waals surface area contributed by atoms with Gasteiger partial charge in [0, 0.05) is 64.2 Å². The summed E-state index contributed by atoms with van der Waals surface area (Å²) in [4.78, 5) is 16.5. The highest BCUT2D eigenvalue weighted by Crippen LogP contribution is 2.16. The third-order valence-electron chi connectivity index (χ3n) is 5.27. The highest BCUT2D eigenvalue weighted by Gasteiger charge is 2.34. The van der Waals surface area contributed by atoms with Gasteiger partial charge in [0.15, 0.2) is 9.84 Å². The second-order valence-electron chi connectivity index (χ2n) is 7.67. The van der Waals surface area contributed by atoms with Crippen LogP contribution >= 0.6 is 0 Å². The number of hydrogen-bond donors (Lipinski definition) is 0. The standard InChI is InChI=1S/C18H28N4O5S2/c1-19-7-11-21(12-8-19)29(26,27)22-13-9-20(10-14-22)18(23)17-5-3-16(4-6-17)15-28(2,24)25/h3-6H,7-15H2,1-2H3. The van der Waals surface area contributed by atoms with Gasteiger partial charge in [0.25, 0.3) is 16.1 Å². The molecule has 9 nitrogen and oxygen atoms in total. The Balaban J connectivity index is 1.58. The number of amides is 1. The zero-order valence-corrected chi connectivity index (χ0v) is 18.5. The van der Waals surface area contributed by atoms with Crippen LogP contribution in [0.5, 0.6) is 0 Å². The van der Waals surface area contributed by atoms with E-state index in [0.717, 1.165) is 0 Å². The zero-order valence-electron chi connectivity index (χ0n) is 16.8. The molecule has 2 heterocycles. The molecule has 2 aliphatic heterocycles. The lowest BCUT2D eigenvalue weighted by atomic mass is 10.1. The van der Waals surface area contributed by atoms with Crippen molar-refractivity contribution in [1.29, 1.82) is 0 Å². The second kappa shape index (κ2) is 8.68. The molecule has 2 saturated heterocycles. The number of carbonyl (C=O) groups excluding carboxylic acids is 1. The van der Waals surface area contributed by atoms with Crippen molar-refractivity contribution in [3.63, 3.8) is 0 Å². The minimum Gasteiger partial charge on any atom is -0.336 e. The molecule has 11 heteroatoms. The molecule has 162 valence electrons. The van der Waals surface area contributed by atoms with Gasteiger partial charge in [0.05, 0.1) is 5.75 Å². The minimum absolute atomic E-state index is 0.0652. The molecule has 0 spiro atoms. The molecule has 0 unspecified atom stereocenters. The van der Waals surface area contributed by atoms with E-state index >= 15 is 0 Å². The van der Waals surface area contributed by atoms with E-state index < -0.39 is 20.0 Å². The lowest BCUT2D eigenvalue weighted by Gasteiger charge is -2.39. The molecule has 2 aliphatic rings. The Kier molecular flexibility index (Phi) is 6.64. The molecular weight excluding hydrogens is 416 g/mol. The zero-order chi connectivity index (χ0) is 21.2. The summed E-state index contributed by atoms with van der Waals surface area (Å²) in [6.45, 7) is 3.60. The molecule has 0 saturated carbocycles. The number of carbonyl (C=O) groups is 1. The van der Waals surface area contributed by atoms with Crippen LogP contribution < -0.4 is 0 Å². The normalized spacial score (nSPS) is 20.7. The molecule has 1 amide bonds. The maximum absolute atomic E-state index is 12.8. The van der Waals surface area contributed by atoms with Crippen LogP contribution in [0.25, 0.3) is 0 Å². The molecule has 0 aliphatic carbocycles. The van der Waals surface area contributed by atoms with Gasteiger partial charge in [-0.05, 0) is 24.7 Å². The summed E-state index contributed by atoms with van der Waals surface area (Å²) in [5.41, 5.74) is 1.10. The van der Waals surface area contributed by atoms with Crippen molar-refractivity contribution in [3.05, 3.63) is 35.4 Å². The van der Waals surface area contributed by atoms with Crippen LogP contribution in [0.4, 0.5) is 0 Å². The average molecular weight is 445 g/mol. The number of rotatable bonds is 5. The molecule has 0 atom stereocenters. The van der Waals surface area contributed by atoms with E-state index in [-0.39, 0.29) is 24.7 Å². The molecule has 0 radical (unpaired) electrons. The van der Waals surface area contributed by atoms with E-state index in [2.05, 4.69) is 4.90 Å². The number of nitrogens with zero attached hydrogens (tertiary/aromatic N) is 4. The largest absolute Gasteiger partial charge is 0.336 e. The van der Waals surface area contributed by atoms with Gasteiger partial charge in [-0.25, -0.2) is 8.42 Å². The molecule has 1 aromatic carbocycles. The van der Waals surface area contributed by atoms with Crippen molar-refractivity contribution in [2.45, 2.75) is 5.75 Å². The van der Waals surface area contributed by atoms with Crippen LogP contribution in [-0.4, -0.2) is 107 Å². The molecule has 0 aromatic heterocycles. The predicted molar refractivity (Wildman–Crippen MR) is 110 cm³/mol. The molecular formula is C18H28N4O5S2. The SMILES string of the molecule is CN1CCN(S(=O)(=O)N2CCN(C(=O)c3ccc(CS(C)(=O)=O)cc3)CC2)CC1. The van der Waals surface area contributed by atoms with E-state index in [0.29, 0.717) is 50.4 Å². The van der Waals surface area contributed by atoms with E-state index in [1.165, 1.54) is 14.9 Å². The Morgan fingerprint density at radius 3 is 1.79 bits per heavy atom. The fourth-order valence-electron chi connectivity index (χ4n) is 3.53. The van der Waals surface area contributed by atoms with Crippen molar-refractivity contribution in [3.8, 4) is 0 Å². The third-order valence-corrected chi connectivity index (χ3v) is 8.16. The number of sulfone groups is 1. The van der Waals surface area contributed by atoms with Crippen molar-refractivity contribution >= 4 is 26.0 Å². The van der Waals surface area contributed by atoms with Crippen molar-refractivity contribution < 1.29 is 21.6 Å². The monoisotopic (exact) mass is 444 g/mol. The van der Waals surface area contributed by atoms with Gasteiger partial charge in [0.1, 0.15) is 0 Å². The van der Waals surface area contributed by atoms with E-state index in [1.807, 2.05) is 7.05 Å². The Labute approximate surface area is 173 Å². The molecule has 29 heavy (non-hydrogen) atoms. The first-order chi connectivity index (χ1) is 13.6. The van der Waals surface area contributed by atoms with E-state index in [4.69, 9.17) is 0 Å².